The number of aromatic nitrogens is 3. The van der Waals surface area contributed by atoms with Gasteiger partial charge in [-0.1, -0.05) is 23.5 Å². The van der Waals surface area contributed by atoms with Gasteiger partial charge in [0, 0.05) is 29.3 Å². The molecule has 0 radical (unpaired) electrons. The van der Waals surface area contributed by atoms with E-state index in [-0.39, 0.29) is 0 Å². The Bertz CT molecular complexity index is 719. The van der Waals surface area contributed by atoms with Gasteiger partial charge in [-0.2, -0.15) is 0 Å². The number of hydrogen-bond acceptors (Lipinski definition) is 5. The van der Waals surface area contributed by atoms with Crippen molar-refractivity contribution in [2.75, 3.05) is 5.32 Å². The van der Waals surface area contributed by atoms with Crippen molar-refractivity contribution in [3.8, 4) is 10.4 Å². The SMILES string of the molecule is Cc1ccc(-c2cnc(Nc3cccc(C)n3)s2)cn1. The molecule has 4 nitrogen and oxygen atoms in total. The topological polar surface area (TPSA) is 50.7 Å². The Morgan fingerprint density at radius 1 is 0.950 bits per heavy atom. The molecule has 0 atom stereocenters. The summed E-state index contributed by atoms with van der Waals surface area (Å²) in [6.07, 6.45) is 3.73. The van der Waals surface area contributed by atoms with Crippen LogP contribution in [0.25, 0.3) is 10.4 Å². The molecule has 0 amide bonds. The largest absolute Gasteiger partial charge is 0.316 e. The third kappa shape index (κ3) is 2.83. The van der Waals surface area contributed by atoms with Crippen LogP contribution in [0.2, 0.25) is 0 Å². The van der Waals surface area contributed by atoms with Gasteiger partial charge in [0.15, 0.2) is 5.13 Å². The maximum Gasteiger partial charge on any atom is 0.188 e. The lowest BCUT2D eigenvalue weighted by molar-refractivity contribution is 1.19. The normalized spacial score (nSPS) is 10.5. The van der Waals surface area contributed by atoms with Crippen LogP contribution >= 0.6 is 11.3 Å². The van der Waals surface area contributed by atoms with Crippen LogP contribution in [0.15, 0.2) is 42.7 Å². The molecule has 0 aromatic carbocycles. The van der Waals surface area contributed by atoms with Crippen LogP contribution in [-0.2, 0) is 0 Å². The summed E-state index contributed by atoms with van der Waals surface area (Å²) < 4.78 is 0. The minimum Gasteiger partial charge on any atom is -0.316 e. The van der Waals surface area contributed by atoms with Crippen LogP contribution < -0.4 is 5.32 Å². The Balaban J connectivity index is 1.82. The molecule has 0 aliphatic rings. The summed E-state index contributed by atoms with van der Waals surface area (Å²) in [5, 5.41) is 4.05. The summed E-state index contributed by atoms with van der Waals surface area (Å²) in [5.41, 5.74) is 3.08. The fourth-order valence-corrected chi connectivity index (χ4v) is 2.61. The molecule has 100 valence electrons. The van der Waals surface area contributed by atoms with E-state index >= 15 is 0 Å². The van der Waals surface area contributed by atoms with Crippen molar-refractivity contribution in [3.05, 3.63) is 54.1 Å². The first-order chi connectivity index (χ1) is 9.70. The molecule has 0 aliphatic carbocycles. The van der Waals surface area contributed by atoms with E-state index in [4.69, 9.17) is 0 Å². The Kier molecular flexibility index (Phi) is 3.43. The first-order valence-corrected chi connectivity index (χ1v) is 7.12. The Hall–Kier alpha value is -2.27. The van der Waals surface area contributed by atoms with E-state index in [1.807, 2.05) is 50.5 Å². The second-order valence-corrected chi connectivity index (χ2v) is 5.54. The molecule has 1 N–H and O–H groups in total. The summed E-state index contributed by atoms with van der Waals surface area (Å²) in [7, 11) is 0. The molecule has 0 saturated carbocycles. The molecule has 3 aromatic rings. The van der Waals surface area contributed by atoms with E-state index in [0.717, 1.165) is 32.8 Å². The number of nitrogens with zero attached hydrogens (tertiary/aromatic N) is 3. The number of rotatable bonds is 3. The van der Waals surface area contributed by atoms with Crippen molar-refractivity contribution in [1.82, 2.24) is 15.0 Å². The van der Waals surface area contributed by atoms with Crippen molar-refractivity contribution in [1.29, 1.82) is 0 Å². The molecule has 0 unspecified atom stereocenters. The number of hydrogen-bond donors (Lipinski definition) is 1. The van der Waals surface area contributed by atoms with Gasteiger partial charge in [-0.05, 0) is 32.0 Å². The maximum absolute atomic E-state index is 4.41. The molecule has 0 spiro atoms. The van der Waals surface area contributed by atoms with E-state index in [9.17, 15) is 0 Å². The summed E-state index contributed by atoms with van der Waals surface area (Å²) in [6.45, 7) is 3.95. The van der Waals surface area contributed by atoms with Gasteiger partial charge in [-0.3, -0.25) is 4.98 Å². The van der Waals surface area contributed by atoms with E-state index in [1.165, 1.54) is 0 Å². The zero-order valence-corrected chi connectivity index (χ0v) is 12.1. The molecule has 0 bridgehead atoms. The lowest BCUT2D eigenvalue weighted by atomic mass is 10.2. The predicted octanol–water partition coefficient (Wildman–Crippen LogP) is 3.96. The second-order valence-electron chi connectivity index (χ2n) is 4.51. The van der Waals surface area contributed by atoms with Gasteiger partial charge >= 0.3 is 0 Å². The first kappa shape index (κ1) is 12.7. The highest BCUT2D eigenvalue weighted by atomic mass is 32.1. The number of thiazole rings is 1. The molecular weight excluding hydrogens is 268 g/mol. The highest BCUT2D eigenvalue weighted by Gasteiger charge is 2.05. The molecule has 5 heteroatoms. The van der Waals surface area contributed by atoms with Gasteiger partial charge in [0.1, 0.15) is 5.82 Å². The molecule has 20 heavy (non-hydrogen) atoms. The van der Waals surface area contributed by atoms with Crippen molar-refractivity contribution >= 4 is 22.3 Å². The van der Waals surface area contributed by atoms with E-state index in [0.29, 0.717) is 0 Å². The first-order valence-electron chi connectivity index (χ1n) is 6.30. The fraction of sp³-hybridized carbons (Fsp3) is 0.133. The van der Waals surface area contributed by atoms with Gasteiger partial charge < -0.3 is 5.32 Å². The van der Waals surface area contributed by atoms with Gasteiger partial charge in [-0.15, -0.1) is 0 Å². The van der Waals surface area contributed by atoms with Gasteiger partial charge in [0.2, 0.25) is 0 Å². The Labute approximate surface area is 121 Å². The zero-order chi connectivity index (χ0) is 13.9. The molecular formula is C15H14N4S. The van der Waals surface area contributed by atoms with Gasteiger partial charge in [0.25, 0.3) is 0 Å². The van der Waals surface area contributed by atoms with E-state index < -0.39 is 0 Å². The van der Waals surface area contributed by atoms with Crippen molar-refractivity contribution in [3.63, 3.8) is 0 Å². The second kappa shape index (κ2) is 5.38. The van der Waals surface area contributed by atoms with Crippen molar-refractivity contribution in [2.24, 2.45) is 0 Å². The summed E-state index contributed by atoms with van der Waals surface area (Å²) >= 11 is 1.59. The summed E-state index contributed by atoms with van der Waals surface area (Å²) in [6, 6.07) is 9.94. The van der Waals surface area contributed by atoms with Crippen LogP contribution in [0, 0.1) is 13.8 Å². The van der Waals surface area contributed by atoms with Crippen molar-refractivity contribution in [2.45, 2.75) is 13.8 Å². The van der Waals surface area contributed by atoms with Gasteiger partial charge in [-0.25, -0.2) is 9.97 Å². The van der Waals surface area contributed by atoms with Crippen LogP contribution in [0.1, 0.15) is 11.4 Å². The minimum absolute atomic E-state index is 0.813. The third-order valence-electron chi connectivity index (χ3n) is 2.82. The maximum atomic E-state index is 4.41. The average Bonchev–Trinajstić information content (AvgIpc) is 2.88. The van der Waals surface area contributed by atoms with Crippen molar-refractivity contribution < 1.29 is 0 Å². The van der Waals surface area contributed by atoms with Gasteiger partial charge in [0.05, 0.1) is 4.88 Å². The van der Waals surface area contributed by atoms with Crippen LogP contribution in [0.5, 0.6) is 0 Å². The van der Waals surface area contributed by atoms with Crippen LogP contribution in [-0.4, -0.2) is 15.0 Å². The number of nitrogens with one attached hydrogen (secondary N) is 1. The minimum atomic E-state index is 0.813. The lowest BCUT2D eigenvalue weighted by Gasteiger charge is -2.01. The molecule has 3 aromatic heterocycles. The zero-order valence-electron chi connectivity index (χ0n) is 11.3. The summed E-state index contributed by atoms with van der Waals surface area (Å²) in [5.74, 6) is 0.813. The highest BCUT2D eigenvalue weighted by molar-refractivity contribution is 7.18. The third-order valence-corrected chi connectivity index (χ3v) is 3.79. The quantitative estimate of drug-likeness (QED) is 0.790. The van der Waals surface area contributed by atoms with Crippen LogP contribution in [0.4, 0.5) is 10.9 Å². The predicted molar refractivity (Wildman–Crippen MR) is 82.3 cm³/mol. The number of aryl methyl sites for hydroxylation is 2. The molecule has 3 rings (SSSR count). The standard InChI is InChI=1S/C15H14N4S/c1-10-6-7-12(8-16-10)13-9-17-15(20-13)19-14-5-3-4-11(2)18-14/h3-9H,1-2H3,(H,17,18,19). The number of pyridine rings is 2. The highest BCUT2D eigenvalue weighted by Crippen LogP contribution is 2.29. The molecule has 0 aliphatic heterocycles. The van der Waals surface area contributed by atoms with Crippen LogP contribution in [0.3, 0.4) is 0 Å². The smallest absolute Gasteiger partial charge is 0.188 e. The molecule has 0 fully saturated rings. The monoisotopic (exact) mass is 282 g/mol. The number of anilines is 2. The molecule has 3 heterocycles. The average molecular weight is 282 g/mol. The Morgan fingerprint density at radius 3 is 2.60 bits per heavy atom. The molecule has 0 saturated heterocycles. The summed E-state index contributed by atoms with van der Waals surface area (Å²) in [4.78, 5) is 14.2. The van der Waals surface area contributed by atoms with E-state index in [1.54, 1.807) is 11.3 Å². The lowest BCUT2D eigenvalue weighted by Crippen LogP contribution is -1.93. The Morgan fingerprint density at radius 2 is 1.85 bits per heavy atom. The fourth-order valence-electron chi connectivity index (χ4n) is 1.80. The van der Waals surface area contributed by atoms with E-state index in [2.05, 4.69) is 26.3 Å².